The van der Waals surface area contributed by atoms with Gasteiger partial charge < -0.3 is 9.88 Å². The van der Waals surface area contributed by atoms with Crippen LogP contribution in [0.1, 0.15) is 17.7 Å². The molecule has 1 unspecified atom stereocenters. The Kier molecular flexibility index (Phi) is 3.30. The van der Waals surface area contributed by atoms with Crippen LogP contribution in [0.5, 0.6) is 0 Å². The third-order valence-corrected chi connectivity index (χ3v) is 5.56. The van der Waals surface area contributed by atoms with Gasteiger partial charge in [0.15, 0.2) is 0 Å². The van der Waals surface area contributed by atoms with Crippen LogP contribution in [0.2, 0.25) is 0 Å². The Labute approximate surface area is 116 Å². The van der Waals surface area contributed by atoms with E-state index in [0.29, 0.717) is 0 Å². The second-order valence-electron chi connectivity index (χ2n) is 3.79. The van der Waals surface area contributed by atoms with Crippen LogP contribution in [-0.2, 0) is 18.3 Å². The second kappa shape index (κ2) is 4.23. The molecule has 0 aliphatic carbocycles. The molecule has 1 aromatic heterocycles. The van der Waals surface area contributed by atoms with Crippen LogP contribution in [0.25, 0.3) is 0 Å². The number of hydrogen-bond acceptors (Lipinski definition) is 1. The van der Waals surface area contributed by atoms with Crippen LogP contribution >= 0.6 is 45.2 Å². The van der Waals surface area contributed by atoms with Gasteiger partial charge >= 0.3 is 0 Å². The number of alkyl halides is 1. The summed E-state index contributed by atoms with van der Waals surface area (Å²) in [5.41, 5.74) is 3.47. The lowest BCUT2D eigenvalue weighted by molar-refractivity contribution is -0.115. The first kappa shape index (κ1) is 11.7. The largest absolute Gasteiger partial charge is 0.341 e. The molecule has 5 heteroatoms. The van der Waals surface area contributed by atoms with Crippen LogP contribution < -0.4 is 5.32 Å². The van der Waals surface area contributed by atoms with Crippen molar-refractivity contribution >= 4 is 56.8 Å². The molecule has 82 valence electrons. The van der Waals surface area contributed by atoms with Gasteiger partial charge in [-0.3, -0.25) is 4.79 Å². The number of aromatic nitrogens is 1. The molecule has 2 heterocycles. The van der Waals surface area contributed by atoms with Crippen molar-refractivity contribution in [2.24, 2.45) is 7.05 Å². The van der Waals surface area contributed by atoms with E-state index in [9.17, 15) is 4.79 Å². The van der Waals surface area contributed by atoms with Gasteiger partial charge in [0, 0.05) is 18.3 Å². The van der Waals surface area contributed by atoms with Gasteiger partial charge in [0.25, 0.3) is 0 Å². The molecule has 1 amide bonds. The van der Waals surface area contributed by atoms with Crippen LogP contribution in [0.3, 0.4) is 0 Å². The maximum Gasteiger partial charge on any atom is 0.237 e. The van der Waals surface area contributed by atoms with Crippen molar-refractivity contribution in [1.82, 2.24) is 4.57 Å². The highest BCUT2D eigenvalue weighted by Gasteiger charge is 2.25. The van der Waals surface area contributed by atoms with Crippen LogP contribution in [0.15, 0.2) is 0 Å². The molecule has 0 radical (unpaired) electrons. The number of carbonyl (C=O) groups is 1. The Balaban J connectivity index is 2.51. The fraction of sp³-hybridized carbons (Fsp3) is 0.500. The van der Waals surface area contributed by atoms with E-state index in [-0.39, 0.29) is 9.83 Å². The van der Waals surface area contributed by atoms with Crippen LogP contribution in [-0.4, -0.2) is 14.4 Å². The lowest BCUT2D eigenvalue weighted by Crippen LogP contribution is -2.20. The minimum absolute atomic E-state index is 0.0899. The van der Waals surface area contributed by atoms with Crippen molar-refractivity contribution in [3.8, 4) is 0 Å². The summed E-state index contributed by atoms with van der Waals surface area (Å²) in [5, 5.41) is 3.03. The fourth-order valence-corrected chi connectivity index (χ4v) is 2.94. The molecule has 1 aromatic rings. The van der Waals surface area contributed by atoms with Crippen molar-refractivity contribution in [3.05, 3.63) is 15.0 Å². The molecule has 3 nitrogen and oxygen atoms in total. The molecule has 1 aliphatic rings. The third-order valence-electron chi connectivity index (χ3n) is 2.84. The summed E-state index contributed by atoms with van der Waals surface area (Å²) in [4.78, 5) is 11.7. The van der Waals surface area contributed by atoms with Crippen molar-refractivity contribution in [3.63, 3.8) is 0 Å². The number of nitrogens with one attached hydrogen (secondary N) is 1. The molecule has 0 aromatic carbocycles. The van der Waals surface area contributed by atoms with E-state index < -0.39 is 0 Å². The van der Waals surface area contributed by atoms with Gasteiger partial charge in [-0.1, -0.05) is 22.6 Å². The Hall–Kier alpha value is 0.210. The standard InChI is InChI=1S/C10H12I2N2O/c1-5-8-7(14(2)9(5)12)4-3-6(11)10(15)13-8/h6H,3-4H2,1-2H3,(H,13,15). The Morgan fingerprint density at radius 2 is 2.20 bits per heavy atom. The zero-order valence-corrected chi connectivity index (χ0v) is 12.9. The lowest BCUT2D eigenvalue weighted by atomic mass is 10.2. The maximum absolute atomic E-state index is 11.7. The van der Waals surface area contributed by atoms with E-state index in [1.54, 1.807) is 0 Å². The van der Waals surface area contributed by atoms with E-state index in [4.69, 9.17) is 0 Å². The number of amides is 1. The minimum Gasteiger partial charge on any atom is -0.341 e. The lowest BCUT2D eigenvalue weighted by Gasteiger charge is -2.05. The van der Waals surface area contributed by atoms with E-state index in [1.807, 2.05) is 0 Å². The molecule has 0 bridgehead atoms. The smallest absolute Gasteiger partial charge is 0.237 e. The summed E-state index contributed by atoms with van der Waals surface area (Å²) in [5.74, 6) is 0.138. The topological polar surface area (TPSA) is 34.0 Å². The third kappa shape index (κ3) is 1.92. The molecule has 0 saturated carbocycles. The van der Waals surface area contributed by atoms with Crippen molar-refractivity contribution < 1.29 is 4.79 Å². The first-order valence-corrected chi connectivity index (χ1v) is 7.13. The molecular weight excluding hydrogens is 418 g/mol. The summed E-state index contributed by atoms with van der Waals surface area (Å²) < 4.78 is 3.48. The van der Waals surface area contributed by atoms with E-state index >= 15 is 0 Å². The highest BCUT2D eigenvalue weighted by Crippen LogP contribution is 2.32. The highest BCUT2D eigenvalue weighted by molar-refractivity contribution is 14.1. The summed E-state index contributed by atoms with van der Waals surface area (Å²) in [6, 6.07) is 0. The normalized spacial score (nSPS) is 20.8. The average Bonchev–Trinajstić information content (AvgIpc) is 2.38. The summed E-state index contributed by atoms with van der Waals surface area (Å²) >= 11 is 4.54. The number of fused-ring (bicyclic) bond motifs is 1. The Morgan fingerprint density at radius 1 is 1.53 bits per heavy atom. The van der Waals surface area contributed by atoms with Crippen LogP contribution in [0.4, 0.5) is 5.69 Å². The minimum atomic E-state index is 0.0899. The van der Waals surface area contributed by atoms with Gasteiger partial charge in [-0.15, -0.1) is 0 Å². The average molecular weight is 430 g/mol. The maximum atomic E-state index is 11.7. The van der Waals surface area contributed by atoms with Gasteiger partial charge in [-0.05, 0) is 42.4 Å². The van der Waals surface area contributed by atoms with Crippen molar-refractivity contribution in [2.75, 3.05) is 5.32 Å². The molecule has 0 saturated heterocycles. The molecule has 15 heavy (non-hydrogen) atoms. The number of hydrogen-bond donors (Lipinski definition) is 1. The summed E-state index contributed by atoms with van der Waals surface area (Å²) in [6.07, 6.45) is 1.90. The molecule has 0 fully saturated rings. The van der Waals surface area contributed by atoms with Crippen LogP contribution in [0, 0.1) is 10.6 Å². The van der Waals surface area contributed by atoms with Gasteiger partial charge in [0.2, 0.25) is 5.91 Å². The molecular formula is C10H12I2N2O. The Morgan fingerprint density at radius 3 is 2.87 bits per heavy atom. The molecule has 2 rings (SSSR count). The van der Waals surface area contributed by atoms with E-state index in [2.05, 4.69) is 69.0 Å². The first-order valence-electron chi connectivity index (χ1n) is 4.81. The first-order chi connectivity index (χ1) is 7.02. The predicted octanol–water partition coefficient (Wildman–Crippen LogP) is 2.63. The monoisotopic (exact) mass is 430 g/mol. The number of anilines is 1. The van der Waals surface area contributed by atoms with Gasteiger partial charge in [0.05, 0.1) is 13.3 Å². The van der Waals surface area contributed by atoms with Crippen molar-refractivity contribution in [1.29, 1.82) is 0 Å². The Bertz CT molecular complexity index is 426. The number of carbonyl (C=O) groups excluding carboxylic acids is 1. The quantitative estimate of drug-likeness (QED) is 0.499. The highest BCUT2D eigenvalue weighted by atomic mass is 127. The predicted molar refractivity (Wildman–Crippen MR) is 77.6 cm³/mol. The SMILES string of the molecule is Cc1c2c(n(C)c1I)CCC(I)C(=O)N2. The summed E-state index contributed by atoms with van der Waals surface area (Å²) in [6.45, 7) is 2.06. The number of rotatable bonds is 0. The van der Waals surface area contributed by atoms with Gasteiger partial charge in [-0.2, -0.15) is 0 Å². The van der Waals surface area contributed by atoms with Gasteiger partial charge in [-0.25, -0.2) is 0 Å². The van der Waals surface area contributed by atoms with Crippen molar-refractivity contribution in [2.45, 2.75) is 23.7 Å². The number of halogens is 2. The zero-order chi connectivity index (χ0) is 11.2. The fourth-order valence-electron chi connectivity index (χ4n) is 1.91. The zero-order valence-electron chi connectivity index (χ0n) is 8.60. The molecule has 1 N–H and O–H groups in total. The second-order valence-corrected chi connectivity index (χ2v) is 6.32. The van der Waals surface area contributed by atoms with E-state index in [1.165, 1.54) is 15.0 Å². The van der Waals surface area contributed by atoms with Gasteiger partial charge in [0.1, 0.15) is 0 Å². The molecule has 1 aliphatic heterocycles. The molecule has 1 atom stereocenters. The summed E-state index contributed by atoms with van der Waals surface area (Å²) in [7, 11) is 2.06. The van der Waals surface area contributed by atoms with E-state index in [0.717, 1.165) is 18.5 Å². The number of nitrogens with zero attached hydrogens (tertiary/aromatic N) is 1. The molecule has 0 spiro atoms.